The predicted octanol–water partition coefficient (Wildman–Crippen LogP) is -0.621. The maximum absolute atomic E-state index is 13.1. The van der Waals surface area contributed by atoms with E-state index < -0.39 is 37.0 Å². The summed E-state index contributed by atoms with van der Waals surface area (Å²) in [4.78, 5) is 49.6. The second-order valence-electron chi connectivity index (χ2n) is 9.16. The topological polar surface area (TPSA) is 157 Å². The molecule has 180 valence electrons. The molecule has 11 heteroatoms. The van der Waals surface area contributed by atoms with E-state index in [0.717, 1.165) is 51.4 Å². The fourth-order valence-electron chi connectivity index (χ4n) is 4.65. The molecule has 2 rings (SSSR count). The molecule has 32 heavy (non-hydrogen) atoms. The van der Waals surface area contributed by atoms with Gasteiger partial charge in [-0.3, -0.25) is 19.2 Å². The number of hydrogen-bond acceptors (Lipinski definition) is 6. The SMILES string of the molecule is CC(=O)N[C@H](C(=O)N[C@@H](CC1CCCC1)C(=O)NCC(=O)N[C@@H](C)B(O)O)C1CCCC1. The van der Waals surface area contributed by atoms with Crippen LogP contribution in [0.15, 0.2) is 0 Å². The van der Waals surface area contributed by atoms with Gasteiger partial charge in [0, 0.05) is 6.92 Å². The fourth-order valence-corrected chi connectivity index (χ4v) is 4.65. The van der Waals surface area contributed by atoms with E-state index in [1.54, 1.807) is 0 Å². The smallest absolute Gasteiger partial charge is 0.426 e. The molecule has 10 nitrogen and oxygen atoms in total. The van der Waals surface area contributed by atoms with E-state index in [2.05, 4.69) is 21.3 Å². The Morgan fingerprint density at radius 3 is 2.06 bits per heavy atom. The van der Waals surface area contributed by atoms with Crippen LogP contribution in [0, 0.1) is 11.8 Å². The van der Waals surface area contributed by atoms with Crippen LogP contribution in [0.4, 0.5) is 0 Å². The minimum atomic E-state index is -1.70. The molecule has 0 bridgehead atoms. The molecule has 2 fully saturated rings. The first-order valence-corrected chi connectivity index (χ1v) is 11.7. The lowest BCUT2D eigenvalue weighted by Crippen LogP contribution is -2.56. The standard InChI is InChI=1S/C21H37BN4O6/c1-13(22(31)32)24-18(28)12-23-20(29)17(11-15-7-3-4-8-15)26-21(30)19(25-14(2)27)16-9-5-6-10-16/h13,15-17,19,31-32H,3-12H2,1-2H3,(H,23,29)(H,24,28)(H,25,27)(H,26,30)/t13-,17-,19-/m0/s1. The molecule has 0 aromatic heterocycles. The maximum Gasteiger partial charge on any atom is 0.475 e. The summed E-state index contributed by atoms with van der Waals surface area (Å²) in [5.41, 5.74) is 0. The minimum Gasteiger partial charge on any atom is -0.426 e. The van der Waals surface area contributed by atoms with Crippen LogP contribution in [-0.2, 0) is 19.2 Å². The van der Waals surface area contributed by atoms with Gasteiger partial charge in [0.1, 0.15) is 12.1 Å². The first-order valence-electron chi connectivity index (χ1n) is 11.7. The highest BCUT2D eigenvalue weighted by Crippen LogP contribution is 2.30. The van der Waals surface area contributed by atoms with Crippen LogP contribution < -0.4 is 21.3 Å². The molecule has 0 radical (unpaired) electrons. The lowest BCUT2D eigenvalue weighted by atomic mass is 9.81. The van der Waals surface area contributed by atoms with Crippen molar-refractivity contribution in [3.8, 4) is 0 Å². The lowest BCUT2D eigenvalue weighted by molar-refractivity contribution is -0.133. The third-order valence-electron chi connectivity index (χ3n) is 6.45. The summed E-state index contributed by atoms with van der Waals surface area (Å²) in [5.74, 6) is -2.20. The number of carbonyl (C=O) groups excluding carboxylic acids is 4. The summed E-state index contributed by atoms with van der Waals surface area (Å²) in [6.07, 6.45) is 8.36. The normalized spacial score (nSPS) is 19.6. The molecule has 0 heterocycles. The van der Waals surface area contributed by atoms with Gasteiger partial charge >= 0.3 is 7.12 Å². The number of nitrogens with one attached hydrogen (secondary N) is 4. The lowest BCUT2D eigenvalue weighted by Gasteiger charge is -2.27. The van der Waals surface area contributed by atoms with Crippen molar-refractivity contribution in [3.63, 3.8) is 0 Å². The minimum absolute atomic E-state index is 0.0475. The van der Waals surface area contributed by atoms with Crippen LogP contribution in [0.3, 0.4) is 0 Å². The van der Waals surface area contributed by atoms with Crippen molar-refractivity contribution in [1.82, 2.24) is 21.3 Å². The van der Waals surface area contributed by atoms with Gasteiger partial charge in [0.05, 0.1) is 12.5 Å². The van der Waals surface area contributed by atoms with Gasteiger partial charge < -0.3 is 31.3 Å². The van der Waals surface area contributed by atoms with Gasteiger partial charge in [-0.1, -0.05) is 38.5 Å². The zero-order valence-electron chi connectivity index (χ0n) is 19.1. The summed E-state index contributed by atoms with van der Waals surface area (Å²) >= 11 is 0. The Morgan fingerprint density at radius 1 is 0.906 bits per heavy atom. The average molecular weight is 452 g/mol. The number of amides is 4. The molecule has 3 atom stereocenters. The van der Waals surface area contributed by atoms with Crippen molar-refractivity contribution < 1.29 is 29.2 Å². The van der Waals surface area contributed by atoms with Crippen molar-refractivity contribution in [3.05, 3.63) is 0 Å². The highest BCUT2D eigenvalue weighted by atomic mass is 16.4. The number of rotatable bonds is 11. The molecule has 6 N–H and O–H groups in total. The van der Waals surface area contributed by atoms with Gasteiger partial charge in [0.25, 0.3) is 0 Å². The molecular formula is C21H37BN4O6. The molecule has 0 aliphatic heterocycles. The van der Waals surface area contributed by atoms with Crippen LogP contribution in [0.1, 0.15) is 71.6 Å². The van der Waals surface area contributed by atoms with Gasteiger partial charge in [-0.2, -0.15) is 0 Å². The van der Waals surface area contributed by atoms with E-state index in [9.17, 15) is 19.2 Å². The van der Waals surface area contributed by atoms with Gasteiger partial charge in [-0.05, 0) is 38.0 Å². The third-order valence-corrected chi connectivity index (χ3v) is 6.45. The Bertz CT molecular complexity index is 665. The molecule has 0 aromatic rings. The number of carbonyl (C=O) groups is 4. The Kier molecular flexibility index (Phi) is 10.4. The van der Waals surface area contributed by atoms with Crippen molar-refractivity contribution in [1.29, 1.82) is 0 Å². The maximum atomic E-state index is 13.1. The van der Waals surface area contributed by atoms with Crippen molar-refractivity contribution >= 4 is 30.7 Å². The average Bonchev–Trinajstić information content (AvgIpc) is 3.43. The van der Waals surface area contributed by atoms with E-state index >= 15 is 0 Å². The van der Waals surface area contributed by atoms with E-state index in [0.29, 0.717) is 12.3 Å². The summed E-state index contributed by atoms with van der Waals surface area (Å²) in [5, 5.41) is 28.6. The zero-order valence-corrected chi connectivity index (χ0v) is 19.1. The van der Waals surface area contributed by atoms with Crippen molar-refractivity contribution in [2.24, 2.45) is 11.8 Å². The molecule has 2 saturated carbocycles. The largest absolute Gasteiger partial charge is 0.475 e. The predicted molar refractivity (Wildman–Crippen MR) is 119 cm³/mol. The summed E-state index contributed by atoms with van der Waals surface area (Å²) in [7, 11) is -1.70. The van der Waals surface area contributed by atoms with Crippen LogP contribution in [0.25, 0.3) is 0 Å². The molecule has 0 aromatic carbocycles. The molecule has 4 amide bonds. The first-order chi connectivity index (χ1) is 15.2. The summed E-state index contributed by atoms with van der Waals surface area (Å²) in [6.45, 7) is 2.46. The zero-order chi connectivity index (χ0) is 23.7. The first kappa shape index (κ1) is 26.1. The van der Waals surface area contributed by atoms with E-state index in [1.807, 2.05) is 0 Å². The molecular weight excluding hydrogens is 415 g/mol. The van der Waals surface area contributed by atoms with E-state index in [1.165, 1.54) is 13.8 Å². The van der Waals surface area contributed by atoms with E-state index in [-0.39, 0.29) is 24.3 Å². The quantitative estimate of drug-likeness (QED) is 0.230. The van der Waals surface area contributed by atoms with Crippen LogP contribution in [-0.4, -0.2) is 65.4 Å². The monoisotopic (exact) mass is 452 g/mol. The Balaban J connectivity index is 2.01. The number of hydrogen-bond donors (Lipinski definition) is 6. The highest BCUT2D eigenvalue weighted by Gasteiger charge is 2.34. The molecule has 0 saturated heterocycles. The second-order valence-corrected chi connectivity index (χ2v) is 9.16. The van der Waals surface area contributed by atoms with Gasteiger partial charge in [0.2, 0.25) is 23.6 Å². The molecule has 0 spiro atoms. The van der Waals surface area contributed by atoms with Crippen LogP contribution >= 0.6 is 0 Å². The van der Waals surface area contributed by atoms with Crippen molar-refractivity contribution in [2.45, 2.75) is 89.7 Å². The fraction of sp³-hybridized carbons (Fsp3) is 0.810. The Morgan fingerprint density at radius 2 is 1.50 bits per heavy atom. The Labute approximate surface area is 189 Å². The highest BCUT2D eigenvalue weighted by molar-refractivity contribution is 6.43. The van der Waals surface area contributed by atoms with Crippen LogP contribution in [0.5, 0.6) is 0 Å². The second kappa shape index (κ2) is 12.8. The van der Waals surface area contributed by atoms with Crippen molar-refractivity contribution in [2.75, 3.05) is 6.54 Å². The summed E-state index contributed by atoms with van der Waals surface area (Å²) in [6, 6.07) is -1.49. The molecule has 2 aliphatic rings. The van der Waals surface area contributed by atoms with Crippen LogP contribution in [0.2, 0.25) is 0 Å². The van der Waals surface area contributed by atoms with Gasteiger partial charge in [-0.25, -0.2) is 0 Å². The van der Waals surface area contributed by atoms with Gasteiger partial charge in [0.15, 0.2) is 0 Å². The third kappa shape index (κ3) is 8.42. The molecule has 0 unspecified atom stereocenters. The van der Waals surface area contributed by atoms with Gasteiger partial charge in [-0.15, -0.1) is 0 Å². The summed E-state index contributed by atoms with van der Waals surface area (Å²) < 4.78 is 0. The molecule has 2 aliphatic carbocycles. The van der Waals surface area contributed by atoms with E-state index in [4.69, 9.17) is 10.0 Å². The Hall–Kier alpha value is -2.14.